The average Bonchev–Trinajstić information content (AvgIpc) is 2.56. The van der Waals surface area contributed by atoms with Gasteiger partial charge in [0.15, 0.2) is 0 Å². The van der Waals surface area contributed by atoms with E-state index in [0.29, 0.717) is 0 Å². The van der Waals surface area contributed by atoms with Crippen molar-refractivity contribution in [1.29, 1.82) is 0 Å². The van der Waals surface area contributed by atoms with Gasteiger partial charge < -0.3 is 15.5 Å². The van der Waals surface area contributed by atoms with E-state index in [1.54, 1.807) is 0 Å². The van der Waals surface area contributed by atoms with E-state index in [2.05, 4.69) is 5.32 Å². The van der Waals surface area contributed by atoms with Gasteiger partial charge >= 0.3 is 0 Å². The maximum absolute atomic E-state index is 5.75. The SMILES string of the molecule is Nc1ccc2oc3c(c2c1)CNCC3. The topological polar surface area (TPSA) is 51.2 Å². The lowest BCUT2D eigenvalue weighted by atomic mass is 10.1. The Labute approximate surface area is 81.9 Å². The van der Waals surface area contributed by atoms with Crippen molar-refractivity contribution >= 4 is 16.7 Å². The molecule has 0 fully saturated rings. The van der Waals surface area contributed by atoms with Crippen LogP contribution in [0.25, 0.3) is 11.0 Å². The quantitative estimate of drug-likeness (QED) is 0.618. The fourth-order valence-corrected chi connectivity index (χ4v) is 2.03. The number of anilines is 1. The number of nitrogens with one attached hydrogen (secondary N) is 1. The number of hydrogen-bond acceptors (Lipinski definition) is 3. The van der Waals surface area contributed by atoms with E-state index in [9.17, 15) is 0 Å². The van der Waals surface area contributed by atoms with Gasteiger partial charge in [0.05, 0.1) is 0 Å². The van der Waals surface area contributed by atoms with Crippen LogP contribution in [-0.4, -0.2) is 6.54 Å². The smallest absolute Gasteiger partial charge is 0.134 e. The summed E-state index contributed by atoms with van der Waals surface area (Å²) >= 11 is 0. The molecule has 0 saturated heterocycles. The molecular formula is C11H12N2O. The second-order valence-corrected chi connectivity index (χ2v) is 3.69. The van der Waals surface area contributed by atoms with E-state index in [0.717, 1.165) is 41.9 Å². The first kappa shape index (κ1) is 7.88. The second kappa shape index (κ2) is 2.75. The minimum atomic E-state index is 0.798. The normalized spacial score (nSPS) is 15.7. The highest BCUT2D eigenvalue weighted by molar-refractivity contribution is 5.85. The Morgan fingerprint density at radius 2 is 2.29 bits per heavy atom. The summed E-state index contributed by atoms with van der Waals surface area (Å²) in [6, 6.07) is 5.82. The van der Waals surface area contributed by atoms with Gasteiger partial charge in [-0.2, -0.15) is 0 Å². The summed E-state index contributed by atoms with van der Waals surface area (Å²) in [6.45, 7) is 1.90. The van der Waals surface area contributed by atoms with Gasteiger partial charge in [0, 0.05) is 36.1 Å². The number of hydrogen-bond donors (Lipinski definition) is 2. The molecule has 1 aliphatic rings. The maximum Gasteiger partial charge on any atom is 0.134 e. The van der Waals surface area contributed by atoms with Crippen LogP contribution >= 0.6 is 0 Å². The van der Waals surface area contributed by atoms with Gasteiger partial charge in [0.25, 0.3) is 0 Å². The van der Waals surface area contributed by atoms with Crippen molar-refractivity contribution in [1.82, 2.24) is 5.32 Å². The fourth-order valence-electron chi connectivity index (χ4n) is 2.03. The van der Waals surface area contributed by atoms with E-state index >= 15 is 0 Å². The van der Waals surface area contributed by atoms with Gasteiger partial charge in [0.1, 0.15) is 11.3 Å². The summed E-state index contributed by atoms with van der Waals surface area (Å²) in [7, 11) is 0. The number of rotatable bonds is 0. The number of nitrogen functional groups attached to an aromatic ring is 1. The van der Waals surface area contributed by atoms with Crippen molar-refractivity contribution in [2.24, 2.45) is 0 Å². The molecule has 1 aliphatic heterocycles. The van der Waals surface area contributed by atoms with Crippen LogP contribution < -0.4 is 11.1 Å². The average molecular weight is 188 g/mol. The van der Waals surface area contributed by atoms with Crippen LogP contribution in [0.3, 0.4) is 0 Å². The largest absolute Gasteiger partial charge is 0.461 e. The van der Waals surface area contributed by atoms with Crippen LogP contribution in [0.4, 0.5) is 5.69 Å². The highest BCUT2D eigenvalue weighted by atomic mass is 16.3. The Bertz CT molecular complexity index is 487. The van der Waals surface area contributed by atoms with Crippen molar-refractivity contribution < 1.29 is 4.42 Å². The molecule has 0 bridgehead atoms. The van der Waals surface area contributed by atoms with E-state index in [-0.39, 0.29) is 0 Å². The molecule has 0 atom stereocenters. The van der Waals surface area contributed by atoms with E-state index in [4.69, 9.17) is 10.2 Å². The molecule has 3 N–H and O–H groups in total. The lowest BCUT2D eigenvalue weighted by Gasteiger charge is -2.10. The van der Waals surface area contributed by atoms with Gasteiger partial charge in [-0.15, -0.1) is 0 Å². The molecule has 0 unspecified atom stereocenters. The molecule has 0 radical (unpaired) electrons. The third-order valence-electron chi connectivity index (χ3n) is 2.73. The van der Waals surface area contributed by atoms with Crippen molar-refractivity contribution in [3.05, 3.63) is 29.5 Å². The standard InChI is InChI=1S/C11H12N2O/c12-7-1-2-10-8(5-7)9-6-13-4-3-11(9)14-10/h1-2,5,13H,3-4,6,12H2. The second-order valence-electron chi connectivity index (χ2n) is 3.69. The van der Waals surface area contributed by atoms with Crippen LogP contribution in [0.1, 0.15) is 11.3 Å². The molecule has 72 valence electrons. The zero-order valence-corrected chi connectivity index (χ0v) is 7.84. The number of benzene rings is 1. The first-order valence-corrected chi connectivity index (χ1v) is 4.85. The molecule has 2 aromatic rings. The zero-order chi connectivity index (χ0) is 9.54. The van der Waals surface area contributed by atoms with Crippen molar-refractivity contribution in [2.75, 3.05) is 12.3 Å². The van der Waals surface area contributed by atoms with Gasteiger partial charge in [0.2, 0.25) is 0 Å². The first-order valence-electron chi connectivity index (χ1n) is 4.85. The predicted molar refractivity (Wildman–Crippen MR) is 56.0 cm³/mol. The number of fused-ring (bicyclic) bond motifs is 3. The molecule has 14 heavy (non-hydrogen) atoms. The minimum absolute atomic E-state index is 0.798. The highest BCUT2D eigenvalue weighted by Crippen LogP contribution is 2.29. The van der Waals surface area contributed by atoms with Gasteiger partial charge in [-0.1, -0.05) is 0 Å². The lowest BCUT2D eigenvalue weighted by molar-refractivity contribution is 0.500. The summed E-state index contributed by atoms with van der Waals surface area (Å²) in [5.74, 6) is 1.12. The molecule has 3 rings (SSSR count). The van der Waals surface area contributed by atoms with Gasteiger partial charge in [-0.3, -0.25) is 0 Å². The van der Waals surface area contributed by atoms with Crippen LogP contribution in [0, 0.1) is 0 Å². The lowest BCUT2D eigenvalue weighted by Crippen LogP contribution is -2.22. The third kappa shape index (κ3) is 1.02. The maximum atomic E-state index is 5.75. The van der Waals surface area contributed by atoms with E-state index in [1.807, 2.05) is 18.2 Å². The zero-order valence-electron chi connectivity index (χ0n) is 7.84. The molecule has 3 nitrogen and oxygen atoms in total. The van der Waals surface area contributed by atoms with Crippen LogP contribution in [0.2, 0.25) is 0 Å². The van der Waals surface area contributed by atoms with Gasteiger partial charge in [-0.25, -0.2) is 0 Å². The van der Waals surface area contributed by atoms with Crippen LogP contribution in [0.5, 0.6) is 0 Å². The Kier molecular flexibility index (Phi) is 1.55. The molecular weight excluding hydrogens is 176 g/mol. The monoisotopic (exact) mass is 188 g/mol. The molecule has 1 aromatic heterocycles. The first-order chi connectivity index (χ1) is 6.84. The molecule has 2 heterocycles. The summed E-state index contributed by atoms with van der Waals surface area (Å²) in [4.78, 5) is 0. The third-order valence-corrected chi connectivity index (χ3v) is 2.73. The molecule has 0 aliphatic carbocycles. The van der Waals surface area contributed by atoms with E-state index in [1.165, 1.54) is 5.56 Å². The van der Waals surface area contributed by atoms with Crippen molar-refractivity contribution in [2.45, 2.75) is 13.0 Å². The molecule has 0 amide bonds. The summed E-state index contributed by atoms with van der Waals surface area (Å²) in [6.07, 6.45) is 0.976. The molecule has 3 heteroatoms. The molecule has 0 saturated carbocycles. The Balaban J connectivity index is 2.32. The Morgan fingerprint density at radius 1 is 1.36 bits per heavy atom. The minimum Gasteiger partial charge on any atom is -0.461 e. The summed E-state index contributed by atoms with van der Waals surface area (Å²) in [5, 5.41) is 4.50. The fraction of sp³-hybridized carbons (Fsp3) is 0.273. The molecule has 0 spiro atoms. The van der Waals surface area contributed by atoms with Crippen LogP contribution in [0.15, 0.2) is 22.6 Å². The van der Waals surface area contributed by atoms with Crippen LogP contribution in [-0.2, 0) is 13.0 Å². The highest BCUT2D eigenvalue weighted by Gasteiger charge is 2.16. The van der Waals surface area contributed by atoms with Crippen molar-refractivity contribution in [3.8, 4) is 0 Å². The summed E-state index contributed by atoms with van der Waals surface area (Å²) in [5.41, 5.74) is 8.78. The predicted octanol–water partition coefficient (Wildman–Crippen LogP) is 1.66. The summed E-state index contributed by atoms with van der Waals surface area (Å²) < 4.78 is 5.75. The number of furan rings is 1. The Morgan fingerprint density at radius 3 is 3.21 bits per heavy atom. The molecule has 1 aromatic carbocycles. The number of nitrogens with two attached hydrogens (primary N) is 1. The van der Waals surface area contributed by atoms with Crippen molar-refractivity contribution in [3.63, 3.8) is 0 Å². The van der Waals surface area contributed by atoms with Gasteiger partial charge in [-0.05, 0) is 18.2 Å². The van der Waals surface area contributed by atoms with E-state index < -0.39 is 0 Å². The Hall–Kier alpha value is -1.48.